The molecule has 0 amide bonds. The van der Waals surface area contributed by atoms with Gasteiger partial charge < -0.3 is 13.5 Å². The number of aromatic nitrogens is 2. The lowest BCUT2D eigenvalue weighted by Crippen LogP contribution is -2.14. The maximum absolute atomic E-state index is 14.2. The van der Waals surface area contributed by atoms with Crippen LogP contribution in [0.5, 0.6) is 5.75 Å². The van der Waals surface area contributed by atoms with Gasteiger partial charge in [0.1, 0.15) is 5.75 Å². The van der Waals surface area contributed by atoms with E-state index in [9.17, 15) is 19.2 Å². The summed E-state index contributed by atoms with van der Waals surface area (Å²) in [7, 11) is 1.63. The summed E-state index contributed by atoms with van der Waals surface area (Å²) in [5, 5.41) is 4.29. The van der Waals surface area contributed by atoms with Crippen molar-refractivity contribution in [3.63, 3.8) is 0 Å². The lowest BCUT2D eigenvalue weighted by atomic mass is 9.92. The van der Waals surface area contributed by atoms with Gasteiger partial charge in [0.2, 0.25) is 0 Å². The van der Waals surface area contributed by atoms with Gasteiger partial charge in [0.25, 0.3) is 0 Å². The van der Waals surface area contributed by atoms with Crippen molar-refractivity contribution in [2.24, 2.45) is 0 Å². The summed E-state index contributed by atoms with van der Waals surface area (Å²) in [4.78, 5) is 55.3. The van der Waals surface area contributed by atoms with E-state index in [0.29, 0.717) is 65.4 Å². The number of rotatable bonds is 3. The number of aryl methyl sites for hydroxylation is 1. The zero-order chi connectivity index (χ0) is 37.3. The van der Waals surface area contributed by atoms with Crippen LogP contribution in [0.4, 0.5) is 0 Å². The minimum Gasteiger partial charge on any atom is -0.496 e. The van der Waals surface area contributed by atoms with Crippen LogP contribution in [0, 0.1) is 6.92 Å². The number of hydrogen-bond acceptors (Lipinski definition) is 5. The van der Waals surface area contributed by atoms with E-state index in [0.717, 1.165) is 44.4 Å². The Hall–Kier alpha value is -7.38. The molecule has 7 aromatic carbocycles. The molecule has 260 valence electrons. The van der Waals surface area contributed by atoms with Crippen molar-refractivity contribution in [1.82, 2.24) is 8.80 Å². The largest absolute Gasteiger partial charge is 0.496 e. The fourth-order valence-electron chi connectivity index (χ4n) is 8.90. The van der Waals surface area contributed by atoms with Gasteiger partial charge in [-0.15, -0.1) is 0 Å². The highest BCUT2D eigenvalue weighted by Crippen LogP contribution is 2.39. The predicted molar refractivity (Wildman–Crippen MR) is 223 cm³/mol. The summed E-state index contributed by atoms with van der Waals surface area (Å²) in [6.45, 7) is 2.02. The third-order valence-corrected chi connectivity index (χ3v) is 11.4. The van der Waals surface area contributed by atoms with Crippen molar-refractivity contribution in [3.8, 4) is 28.0 Å². The van der Waals surface area contributed by atoms with Gasteiger partial charge in [-0.2, -0.15) is 0 Å². The third-order valence-electron chi connectivity index (χ3n) is 11.4. The smallest absolute Gasteiger partial charge is 0.197 e. The van der Waals surface area contributed by atoms with E-state index in [4.69, 9.17) is 4.74 Å². The molecule has 0 spiro atoms. The van der Waals surface area contributed by atoms with E-state index in [1.165, 1.54) is 0 Å². The van der Waals surface area contributed by atoms with Gasteiger partial charge in [-0.1, -0.05) is 48.5 Å². The molecule has 0 aliphatic heterocycles. The molecule has 0 N–H and O–H groups in total. The molecule has 0 saturated carbocycles. The molecular weight excluding hydrogens is 685 g/mol. The first-order chi connectivity index (χ1) is 26.8. The summed E-state index contributed by atoms with van der Waals surface area (Å²) in [5.41, 5.74) is 8.07. The Bertz CT molecular complexity index is 3750. The molecule has 7 heteroatoms. The summed E-state index contributed by atoms with van der Waals surface area (Å²) < 4.78 is 10.1. The first kappa shape index (κ1) is 31.2. The van der Waals surface area contributed by atoms with Crippen LogP contribution in [0.15, 0.2) is 153 Å². The van der Waals surface area contributed by atoms with Crippen molar-refractivity contribution < 1.29 is 4.74 Å². The topological polar surface area (TPSA) is 86.3 Å². The van der Waals surface area contributed by atoms with E-state index in [2.05, 4.69) is 6.07 Å². The molecule has 0 unspecified atom stereocenters. The second kappa shape index (κ2) is 11.1. The van der Waals surface area contributed by atoms with Crippen LogP contribution in [0.25, 0.3) is 98.4 Å². The summed E-state index contributed by atoms with van der Waals surface area (Å²) in [6, 6.07) is 41.5. The molecule has 0 atom stereocenters. The molecule has 4 aromatic heterocycles. The highest BCUT2D eigenvalue weighted by Gasteiger charge is 2.21. The Kier molecular flexibility index (Phi) is 6.27. The zero-order valence-electron chi connectivity index (χ0n) is 29.6. The monoisotopic (exact) mass is 712 g/mol. The van der Waals surface area contributed by atoms with Gasteiger partial charge in [0.15, 0.2) is 21.7 Å². The van der Waals surface area contributed by atoms with Crippen molar-refractivity contribution in [3.05, 3.63) is 180 Å². The predicted octanol–water partition coefficient (Wildman–Crippen LogP) is 9.08. The molecule has 0 fully saturated rings. The van der Waals surface area contributed by atoms with Gasteiger partial charge in [-0.05, 0) is 114 Å². The van der Waals surface area contributed by atoms with Crippen LogP contribution in [0.2, 0.25) is 0 Å². The Morgan fingerprint density at radius 2 is 0.800 bits per heavy atom. The lowest BCUT2D eigenvalue weighted by Gasteiger charge is -2.18. The van der Waals surface area contributed by atoms with Gasteiger partial charge in [0.05, 0.1) is 40.2 Å². The van der Waals surface area contributed by atoms with Gasteiger partial charge >= 0.3 is 0 Å². The fraction of sp³-hybridized carbons (Fsp3) is 0.0417. The molecule has 0 aliphatic rings. The SMILES string of the molecule is COc1cc(-c2ccc3c(c2)c(=O)c2cccc4c(=O)c5ccccc5n3c42)c(C)cc1-c1ccc2c(c1)c(=O)c1cccc3c(=O)c4ccccc4n2c31. The lowest BCUT2D eigenvalue weighted by molar-refractivity contribution is 0.416. The second-order valence-electron chi connectivity index (χ2n) is 14.3. The van der Waals surface area contributed by atoms with Gasteiger partial charge in [-0.25, -0.2) is 0 Å². The Labute approximate surface area is 310 Å². The molecule has 11 rings (SSSR count). The zero-order valence-corrected chi connectivity index (χ0v) is 29.6. The highest BCUT2D eigenvalue weighted by atomic mass is 16.5. The minimum absolute atomic E-state index is 0.0880. The normalized spacial score (nSPS) is 12.1. The molecular formula is C48H28N2O5. The maximum atomic E-state index is 14.2. The average Bonchev–Trinajstić information content (AvgIpc) is 3.23. The summed E-state index contributed by atoms with van der Waals surface area (Å²) >= 11 is 0. The molecule has 0 aliphatic carbocycles. The van der Waals surface area contributed by atoms with Crippen LogP contribution in [0.3, 0.4) is 0 Å². The number of pyridine rings is 4. The molecule has 0 radical (unpaired) electrons. The number of ether oxygens (including phenoxy) is 1. The molecule has 7 nitrogen and oxygen atoms in total. The molecule has 4 heterocycles. The minimum atomic E-state index is -0.141. The average molecular weight is 713 g/mol. The van der Waals surface area contributed by atoms with Crippen LogP contribution in [-0.2, 0) is 0 Å². The first-order valence-corrected chi connectivity index (χ1v) is 18.0. The van der Waals surface area contributed by atoms with E-state index in [1.54, 1.807) is 43.5 Å². The standard InChI is InChI=1S/C48H28N2O5/c1-25-21-35(27-18-20-41-37(23-27)48(54)33-14-8-12-31-44(33)50(41)39-16-6-4-10-29(39)46(31)52)42(55-2)24-34(25)26-17-19-40-36(22-26)47(53)32-13-7-11-30-43(32)49(40)38-15-5-3-9-28(38)45(30)51/h3-24H,1-2H3. The number of hydrogen-bond donors (Lipinski definition) is 0. The Morgan fingerprint density at radius 3 is 1.27 bits per heavy atom. The number of nitrogens with zero attached hydrogens (tertiary/aromatic N) is 2. The van der Waals surface area contributed by atoms with Crippen molar-refractivity contribution in [1.29, 1.82) is 0 Å². The van der Waals surface area contributed by atoms with Crippen LogP contribution >= 0.6 is 0 Å². The maximum Gasteiger partial charge on any atom is 0.197 e. The quantitative estimate of drug-likeness (QED) is 0.135. The fourth-order valence-corrected chi connectivity index (χ4v) is 8.90. The summed E-state index contributed by atoms with van der Waals surface area (Å²) in [5.74, 6) is 0.614. The molecule has 55 heavy (non-hydrogen) atoms. The van der Waals surface area contributed by atoms with Crippen molar-refractivity contribution >= 4 is 76.2 Å². The summed E-state index contributed by atoms with van der Waals surface area (Å²) in [6.07, 6.45) is 0. The van der Waals surface area contributed by atoms with E-state index >= 15 is 0 Å². The number of methoxy groups -OCH3 is 1. The van der Waals surface area contributed by atoms with E-state index < -0.39 is 0 Å². The molecule has 0 saturated heterocycles. The number of fused-ring (bicyclic) bond motifs is 8. The van der Waals surface area contributed by atoms with Crippen LogP contribution in [-0.4, -0.2) is 15.9 Å². The molecule has 0 bridgehead atoms. The third kappa shape index (κ3) is 4.09. The highest BCUT2D eigenvalue weighted by molar-refractivity contribution is 6.10. The van der Waals surface area contributed by atoms with E-state index in [-0.39, 0.29) is 21.7 Å². The second-order valence-corrected chi connectivity index (χ2v) is 14.3. The molecule has 11 aromatic rings. The first-order valence-electron chi connectivity index (χ1n) is 18.0. The van der Waals surface area contributed by atoms with Crippen molar-refractivity contribution in [2.75, 3.05) is 7.11 Å². The van der Waals surface area contributed by atoms with Gasteiger partial charge in [-0.3, -0.25) is 19.2 Å². The van der Waals surface area contributed by atoms with Crippen LogP contribution < -0.4 is 26.5 Å². The van der Waals surface area contributed by atoms with Crippen molar-refractivity contribution in [2.45, 2.75) is 6.92 Å². The Balaban J connectivity index is 1.12. The van der Waals surface area contributed by atoms with Gasteiger partial charge in [0, 0.05) is 48.7 Å². The number of benzene rings is 7. The van der Waals surface area contributed by atoms with E-state index in [1.807, 2.05) is 107 Å². The van der Waals surface area contributed by atoms with Crippen LogP contribution in [0.1, 0.15) is 5.56 Å². The Morgan fingerprint density at radius 1 is 0.400 bits per heavy atom. The number of para-hydroxylation sites is 4.